The monoisotopic (exact) mass is 259 g/mol. The molecule has 0 aliphatic carbocycles. The Labute approximate surface area is 101 Å². The molecule has 0 aliphatic heterocycles. The van der Waals surface area contributed by atoms with Gasteiger partial charge in [-0.3, -0.25) is 4.79 Å². The quantitative estimate of drug-likeness (QED) is 0.610. The number of aromatic nitrogens is 2. The fourth-order valence-corrected chi connectivity index (χ4v) is 2.94. The first kappa shape index (κ1) is 13.1. The molecule has 1 N–H and O–H groups in total. The minimum Gasteiger partial charge on any atom is -0.610 e. The zero-order valence-corrected chi connectivity index (χ0v) is 10.6. The molecule has 1 amide bonds. The second kappa shape index (κ2) is 6.62. The maximum atomic E-state index is 11.6. The first-order valence-electron chi connectivity index (χ1n) is 4.80. The third kappa shape index (κ3) is 3.58. The molecule has 1 rings (SSSR count). The van der Waals surface area contributed by atoms with Gasteiger partial charge in [0, 0.05) is 17.7 Å². The first-order chi connectivity index (χ1) is 7.69. The largest absolute Gasteiger partial charge is 0.610 e. The van der Waals surface area contributed by atoms with Gasteiger partial charge in [0.15, 0.2) is 0 Å². The van der Waals surface area contributed by atoms with E-state index in [4.69, 9.17) is 0 Å². The minimum atomic E-state index is -1.14. The van der Waals surface area contributed by atoms with Gasteiger partial charge in [0.1, 0.15) is 5.75 Å². The third-order valence-electron chi connectivity index (χ3n) is 1.59. The maximum Gasteiger partial charge on any atom is 0.322 e. The summed E-state index contributed by atoms with van der Waals surface area (Å²) in [5.74, 6) is 0.236. The Morgan fingerprint density at radius 1 is 1.69 bits per heavy atom. The highest BCUT2D eigenvalue weighted by Crippen LogP contribution is 2.17. The van der Waals surface area contributed by atoms with Crippen LogP contribution >= 0.6 is 11.3 Å². The van der Waals surface area contributed by atoms with Gasteiger partial charge in [-0.1, -0.05) is 18.1 Å². The van der Waals surface area contributed by atoms with Gasteiger partial charge in [0.2, 0.25) is 5.01 Å². The summed E-state index contributed by atoms with van der Waals surface area (Å²) in [6.07, 6.45) is 2.39. The van der Waals surface area contributed by atoms with Gasteiger partial charge in [0.25, 0.3) is 5.91 Å². The molecule has 5 nitrogen and oxygen atoms in total. The van der Waals surface area contributed by atoms with E-state index in [1.165, 1.54) is 0 Å². The lowest BCUT2D eigenvalue weighted by Gasteiger charge is -2.02. The number of hydrogen-bond acceptors (Lipinski definition) is 5. The van der Waals surface area contributed by atoms with Crippen molar-refractivity contribution in [1.29, 1.82) is 0 Å². The van der Waals surface area contributed by atoms with E-state index in [2.05, 4.69) is 22.1 Å². The van der Waals surface area contributed by atoms with Crippen molar-refractivity contribution in [2.75, 3.05) is 12.3 Å². The lowest BCUT2D eigenvalue weighted by molar-refractivity contribution is 0.0957. The van der Waals surface area contributed by atoms with Crippen LogP contribution in [0.25, 0.3) is 0 Å². The Kier molecular flexibility index (Phi) is 5.44. The Balaban J connectivity index is 2.63. The van der Waals surface area contributed by atoms with Gasteiger partial charge in [-0.05, 0) is 17.8 Å². The number of carbonyl (C=O) groups excluding carboxylic acids is 1. The third-order valence-corrected chi connectivity index (χ3v) is 4.37. The van der Waals surface area contributed by atoms with Gasteiger partial charge >= 0.3 is 4.34 Å². The molecule has 88 valence electrons. The van der Waals surface area contributed by atoms with Gasteiger partial charge < -0.3 is 9.87 Å². The molecule has 1 heterocycles. The molecule has 0 fully saturated rings. The standard InChI is InChI=1S/C9H13N3O2S2/c1-3-5-10-7(13)8-11-12-9(15-8)16(14)6-4-2/h3H,1,4-6H2,2H3,(H,10,13). The molecule has 16 heavy (non-hydrogen) atoms. The summed E-state index contributed by atoms with van der Waals surface area (Å²) in [6, 6.07) is 0. The zero-order chi connectivity index (χ0) is 12.0. The molecule has 1 unspecified atom stereocenters. The summed E-state index contributed by atoms with van der Waals surface area (Å²) in [4.78, 5) is 11.4. The van der Waals surface area contributed by atoms with Gasteiger partial charge in [-0.25, -0.2) is 0 Å². The van der Waals surface area contributed by atoms with Crippen LogP contribution in [0.4, 0.5) is 0 Å². The average molecular weight is 259 g/mol. The fourth-order valence-electron chi connectivity index (χ4n) is 0.907. The fraction of sp³-hybridized carbons (Fsp3) is 0.444. The second-order valence-electron chi connectivity index (χ2n) is 2.92. The maximum absolute atomic E-state index is 11.6. The zero-order valence-electron chi connectivity index (χ0n) is 8.93. The number of nitrogens with one attached hydrogen (secondary N) is 1. The summed E-state index contributed by atoms with van der Waals surface area (Å²) in [5, 5.41) is 10.3. The van der Waals surface area contributed by atoms with Crippen LogP contribution in [0, 0.1) is 0 Å². The number of carbonyl (C=O) groups is 1. The molecule has 7 heteroatoms. The van der Waals surface area contributed by atoms with E-state index in [9.17, 15) is 9.35 Å². The molecule has 0 spiro atoms. The SMILES string of the molecule is C=CCNC(=O)c1nnc([S+]([O-])CCC)s1. The van der Waals surface area contributed by atoms with Gasteiger partial charge in [-0.15, -0.1) is 11.7 Å². The van der Waals surface area contributed by atoms with Crippen LogP contribution in [0.5, 0.6) is 0 Å². The predicted molar refractivity (Wildman–Crippen MR) is 64.0 cm³/mol. The number of amides is 1. The first-order valence-corrected chi connectivity index (χ1v) is 6.93. The highest BCUT2D eigenvalue weighted by Gasteiger charge is 2.19. The highest BCUT2D eigenvalue weighted by molar-refractivity contribution is 7.93. The number of hydrogen-bond donors (Lipinski definition) is 1. The Bertz CT molecular complexity index is 367. The van der Waals surface area contributed by atoms with Crippen molar-refractivity contribution in [3.05, 3.63) is 17.7 Å². The smallest absolute Gasteiger partial charge is 0.322 e. The summed E-state index contributed by atoms with van der Waals surface area (Å²) in [7, 11) is 0. The molecule has 1 aromatic heterocycles. The average Bonchev–Trinajstić information content (AvgIpc) is 2.75. The Morgan fingerprint density at radius 2 is 2.44 bits per heavy atom. The van der Waals surface area contributed by atoms with Crippen LogP contribution in [-0.4, -0.2) is 33.0 Å². The van der Waals surface area contributed by atoms with E-state index in [1.807, 2.05) is 6.92 Å². The molecular formula is C9H13N3O2S2. The minimum absolute atomic E-state index is 0.237. The van der Waals surface area contributed by atoms with Crippen LogP contribution in [0.3, 0.4) is 0 Å². The van der Waals surface area contributed by atoms with E-state index < -0.39 is 11.2 Å². The van der Waals surface area contributed by atoms with Crippen molar-refractivity contribution >= 4 is 28.4 Å². The van der Waals surface area contributed by atoms with E-state index in [-0.39, 0.29) is 10.9 Å². The summed E-state index contributed by atoms with van der Waals surface area (Å²) >= 11 is -0.0694. The lowest BCUT2D eigenvalue weighted by Crippen LogP contribution is -2.22. The lowest BCUT2D eigenvalue weighted by atomic mass is 10.5. The van der Waals surface area contributed by atoms with Crippen molar-refractivity contribution < 1.29 is 9.35 Å². The molecule has 0 aromatic carbocycles. The molecule has 0 radical (unpaired) electrons. The van der Waals surface area contributed by atoms with Gasteiger partial charge in [0.05, 0.1) is 0 Å². The second-order valence-corrected chi connectivity index (χ2v) is 5.64. The summed E-state index contributed by atoms with van der Waals surface area (Å²) in [6.45, 7) is 5.81. The molecule has 1 atom stereocenters. The Hall–Kier alpha value is -0.920. The van der Waals surface area contributed by atoms with Crippen LogP contribution in [-0.2, 0) is 11.2 Å². The normalized spacial score (nSPS) is 12.1. The van der Waals surface area contributed by atoms with E-state index in [0.29, 0.717) is 16.6 Å². The predicted octanol–water partition coefficient (Wildman–Crippen LogP) is 0.972. The molecule has 0 bridgehead atoms. The molecule has 1 aromatic rings. The molecule has 0 saturated heterocycles. The van der Waals surface area contributed by atoms with Crippen LogP contribution in [0.2, 0.25) is 0 Å². The topological polar surface area (TPSA) is 77.9 Å². The van der Waals surface area contributed by atoms with Crippen molar-refractivity contribution in [2.24, 2.45) is 0 Å². The highest BCUT2D eigenvalue weighted by atomic mass is 32.2. The number of nitrogens with zero attached hydrogens (tertiary/aromatic N) is 2. The summed E-state index contributed by atoms with van der Waals surface area (Å²) in [5.41, 5.74) is 0. The van der Waals surface area contributed by atoms with Crippen LogP contribution < -0.4 is 5.32 Å². The molecule has 0 aliphatic rings. The van der Waals surface area contributed by atoms with Crippen molar-refractivity contribution in [3.8, 4) is 0 Å². The van der Waals surface area contributed by atoms with E-state index in [1.54, 1.807) is 6.08 Å². The summed E-state index contributed by atoms with van der Waals surface area (Å²) < 4.78 is 12.0. The van der Waals surface area contributed by atoms with Crippen LogP contribution in [0.15, 0.2) is 17.0 Å². The van der Waals surface area contributed by atoms with E-state index >= 15 is 0 Å². The molecular weight excluding hydrogens is 246 g/mol. The van der Waals surface area contributed by atoms with Crippen molar-refractivity contribution in [1.82, 2.24) is 15.5 Å². The number of rotatable bonds is 6. The van der Waals surface area contributed by atoms with Crippen molar-refractivity contribution in [3.63, 3.8) is 0 Å². The van der Waals surface area contributed by atoms with Crippen molar-refractivity contribution in [2.45, 2.75) is 17.7 Å². The Morgan fingerprint density at radius 3 is 3.06 bits per heavy atom. The molecule has 0 saturated carbocycles. The van der Waals surface area contributed by atoms with E-state index in [0.717, 1.165) is 17.8 Å². The van der Waals surface area contributed by atoms with Crippen LogP contribution in [0.1, 0.15) is 23.1 Å². The van der Waals surface area contributed by atoms with Gasteiger partial charge in [-0.2, -0.15) is 0 Å².